The third-order valence-corrected chi connectivity index (χ3v) is 2.22. The van der Waals surface area contributed by atoms with Gasteiger partial charge in [-0.2, -0.15) is 5.10 Å². The van der Waals surface area contributed by atoms with E-state index in [-0.39, 0.29) is 0 Å². The second-order valence-corrected chi connectivity index (χ2v) is 3.56. The second kappa shape index (κ2) is 5.96. The molecule has 0 unspecified atom stereocenters. The van der Waals surface area contributed by atoms with Crippen molar-refractivity contribution in [1.82, 2.24) is 15.5 Å². The van der Waals surface area contributed by atoms with Gasteiger partial charge in [0.25, 0.3) is 0 Å². The summed E-state index contributed by atoms with van der Waals surface area (Å²) in [6, 6.07) is 13.3. The fourth-order valence-corrected chi connectivity index (χ4v) is 1.36. The highest BCUT2D eigenvalue weighted by Crippen LogP contribution is 2.17. The molecule has 0 aliphatic carbocycles. The summed E-state index contributed by atoms with van der Waals surface area (Å²) < 4.78 is 5.54. The van der Waals surface area contributed by atoms with Crippen LogP contribution in [0, 0.1) is 0 Å². The fourth-order valence-electron chi connectivity index (χ4n) is 1.36. The minimum atomic E-state index is 0.511. The topological polar surface area (TPSA) is 47.0 Å². The summed E-state index contributed by atoms with van der Waals surface area (Å²) in [5.41, 5.74) is 0.910. The standard InChI is InChI=1S/C13H15N3O/c1-2-14-10-11-8-9-13(16-15-11)17-12-6-4-3-5-7-12/h3-9,14H,2,10H2,1H3. The van der Waals surface area contributed by atoms with Crippen molar-refractivity contribution in [3.8, 4) is 11.6 Å². The number of ether oxygens (including phenoxy) is 1. The molecule has 4 nitrogen and oxygen atoms in total. The summed E-state index contributed by atoms with van der Waals surface area (Å²) in [6.45, 7) is 3.71. The fraction of sp³-hybridized carbons (Fsp3) is 0.231. The van der Waals surface area contributed by atoms with Crippen LogP contribution in [0.15, 0.2) is 42.5 Å². The lowest BCUT2D eigenvalue weighted by Crippen LogP contribution is -2.13. The molecule has 88 valence electrons. The molecule has 17 heavy (non-hydrogen) atoms. The molecule has 1 heterocycles. The summed E-state index contributed by atoms with van der Waals surface area (Å²) in [7, 11) is 0. The van der Waals surface area contributed by atoms with E-state index in [9.17, 15) is 0 Å². The number of para-hydroxylation sites is 1. The molecule has 0 fully saturated rings. The number of aromatic nitrogens is 2. The Hall–Kier alpha value is -1.94. The van der Waals surface area contributed by atoms with Crippen LogP contribution in [0.2, 0.25) is 0 Å². The quantitative estimate of drug-likeness (QED) is 0.855. The Balaban J connectivity index is 1.98. The van der Waals surface area contributed by atoms with E-state index in [1.54, 1.807) is 0 Å². The van der Waals surface area contributed by atoms with Crippen molar-refractivity contribution in [3.63, 3.8) is 0 Å². The van der Waals surface area contributed by atoms with Crippen LogP contribution in [0.3, 0.4) is 0 Å². The Labute approximate surface area is 101 Å². The molecule has 0 bridgehead atoms. The van der Waals surface area contributed by atoms with Crippen molar-refractivity contribution >= 4 is 0 Å². The number of nitrogens with one attached hydrogen (secondary N) is 1. The van der Waals surface area contributed by atoms with Crippen LogP contribution in [-0.2, 0) is 6.54 Å². The van der Waals surface area contributed by atoms with E-state index < -0.39 is 0 Å². The molecule has 2 rings (SSSR count). The Kier molecular flexibility index (Phi) is 4.05. The first-order valence-electron chi connectivity index (χ1n) is 5.64. The van der Waals surface area contributed by atoms with E-state index in [2.05, 4.69) is 22.4 Å². The lowest BCUT2D eigenvalue weighted by atomic mass is 10.3. The van der Waals surface area contributed by atoms with Gasteiger partial charge < -0.3 is 10.1 Å². The Morgan fingerprint density at radius 2 is 1.88 bits per heavy atom. The summed E-state index contributed by atoms with van der Waals surface area (Å²) >= 11 is 0. The maximum atomic E-state index is 5.54. The summed E-state index contributed by atoms with van der Waals surface area (Å²) in [5.74, 6) is 1.28. The molecule has 0 radical (unpaired) electrons. The maximum Gasteiger partial charge on any atom is 0.238 e. The molecule has 0 aliphatic heterocycles. The van der Waals surface area contributed by atoms with Crippen LogP contribution >= 0.6 is 0 Å². The smallest absolute Gasteiger partial charge is 0.238 e. The van der Waals surface area contributed by atoms with Crippen molar-refractivity contribution in [1.29, 1.82) is 0 Å². The Bertz CT molecular complexity index is 442. The Morgan fingerprint density at radius 1 is 1.06 bits per heavy atom. The van der Waals surface area contributed by atoms with E-state index in [4.69, 9.17) is 4.74 Å². The van der Waals surface area contributed by atoms with Gasteiger partial charge in [0.1, 0.15) is 5.75 Å². The van der Waals surface area contributed by atoms with E-state index in [1.165, 1.54) is 0 Å². The van der Waals surface area contributed by atoms with Crippen molar-refractivity contribution in [2.75, 3.05) is 6.54 Å². The zero-order chi connectivity index (χ0) is 11.9. The van der Waals surface area contributed by atoms with Crippen LogP contribution in [0.4, 0.5) is 0 Å². The molecular weight excluding hydrogens is 214 g/mol. The number of benzene rings is 1. The molecule has 0 saturated heterocycles. The molecule has 0 spiro atoms. The van der Waals surface area contributed by atoms with E-state index >= 15 is 0 Å². The molecular formula is C13H15N3O. The lowest BCUT2D eigenvalue weighted by Gasteiger charge is -2.04. The number of rotatable bonds is 5. The molecule has 0 aliphatic rings. The predicted octanol–water partition coefficient (Wildman–Crippen LogP) is 2.38. The highest BCUT2D eigenvalue weighted by molar-refractivity contribution is 5.26. The SMILES string of the molecule is CCNCc1ccc(Oc2ccccc2)nn1. The maximum absolute atomic E-state index is 5.54. The monoisotopic (exact) mass is 229 g/mol. The predicted molar refractivity (Wildman–Crippen MR) is 65.9 cm³/mol. The van der Waals surface area contributed by atoms with E-state index in [1.807, 2.05) is 42.5 Å². The van der Waals surface area contributed by atoms with Gasteiger partial charge in [-0.05, 0) is 24.7 Å². The zero-order valence-electron chi connectivity index (χ0n) is 9.76. The van der Waals surface area contributed by atoms with Crippen LogP contribution in [-0.4, -0.2) is 16.7 Å². The zero-order valence-corrected chi connectivity index (χ0v) is 9.76. The third-order valence-electron chi connectivity index (χ3n) is 2.22. The summed E-state index contributed by atoms with van der Waals surface area (Å²) in [6.07, 6.45) is 0. The van der Waals surface area contributed by atoms with Crippen molar-refractivity contribution < 1.29 is 4.74 Å². The second-order valence-electron chi connectivity index (χ2n) is 3.56. The number of hydrogen-bond donors (Lipinski definition) is 1. The van der Waals surface area contributed by atoms with Gasteiger partial charge in [0.15, 0.2) is 0 Å². The lowest BCUT2D eigenvalue weighted by molar-refractivity contribution is 0.453. The van der Waals surface area contributed by atoms with Crippen LogP contribution in [0.1, 0.15) is 12.6 Å². The van der Waals surface area contributed by atoms with Crippen molar-refractivity contribution in [2.24, 2.45) is 0 Å². The number of nitrogens with zero attached hydrogens (tertiary/aromatic N) is 2. The van der Waals surface area contributed by atoms with Crippen molar-refractivity contribution in [2.45, 2.75) is 13.5 Å². The first-order chi connectivity index (χ1) is 8.38. The van der Waals surface area contributed by atoms with Gasteiger partial charge in [0.05, 0.1) is 5.69 Å². The first-order valence-corrected chi connectivity index (χ1v) is 5.64. The molecule has 4 heteroatoms. The molecule has 0 saturated carbocycles. The molecule has 0 atom stereocenters. The van der Waals surface area contributed by atoms with Crippen LogP contribution < -0.4 is 10.1 Å². The van der Waals surface area contributed by atoms with Gasteiger partial charge in [-0.3, -0.25) is 0 Å². The Morgan fingerprint density at radius 3 is 2.53 bits per heavy atom. The van der Waals surface area contributed by atoms with Crippen LogP contribution in [0.5, 0.6) is 11.6 Å². The normalized spacial score (nSPS) is 10.2. The summed E-state index contributed by atoms with van der Waals surface area (Å²) in [5, 5.41) is 11.3. The van der Waals surface area contributed by atoms with Gasteiger partial charge in [-0.15, -0.1) is 5.10 Å². The highest BCUT2D eigenvalue weighted by atomic mass is 16.5. The molecule has 1 aromatic carbocycles. The van der Waals surface area contributed by atoms with E-state index in [0.717, 1.165) is 24.5 Å². The average molecular weight is 229 g/mol. The largest absolute Gasteiger partial charge is 0.438 e. The molecule has 1 aromatic heterocycles. The third kappa shape index (κ3) is 3.53. The molecule has 0 amide bonds. The minimum absolute atomic E-state index is 0.511. The average Bonchev–Trinajstić information content (AvgIpc) is 2.39. The summed E-state index contributed by atoms with van der Waals surface area (Å²) in [4.78, 5) is 0. The molecule has 2 aromatic rings. The highest BCUT2D eigenvalue weighted by Gasteiger charge is 1.99. The number of hydrogen-bond acceptors (Lipinski definition) is 4. The van der Waals surface area contributed by atoms with Gasteiger partial charge in [-0.25, -0.2) is 0 Å². The van der Waals surface area contributed by atoms with Crippen molar-refractivity contribution in [3.05, 3.63) is 48.2 Å². The van der Waals surface area contributed by atoms with Gasteiger partial charge in [0.2, 0.25) is 5.88 Å². The van der Waals surface area contributed by atoms with Crippen LogP contribution in [0.25, 0.3) is 0 Å². The van der Waals surface area contributed by atoms with Gasteiger partial charge in [0, 0.05) is 12.6 Å². The minimum Gasteiger partial charge on any atom is -0.438 e. The van der Waals surface area contributed by atoms with E-state index in [0.29, 0.717) is 5.88 Å². The molecule has 1 N–H and O–H groups in total. The first kappa shape index (κ1) is 11.5. The van der Waals surface area contributed by atoms with Gasteiger partial charge >= 0.3 is 0 Å². The van der Waals surface area contributed by atoms with Gasteiger partial charge in [-0.1, -0.05) is 25.1 Å².